The first kappa shape index (κ1) is 16.5. The zero-order chi connectivity index (χ0) is 12.8. The van der Waals surface area contributed by atoms with Crippen molar-refractivity contribution in [2.45, 2.75) is 32.1 Å². The van der Waals surface area contributed by atoms with Gasteiger partial charge in [-0.25, -0.2) is 0 Å². The molecule has 1 fully saturated rings. The third-order valence-corrected chi connectivity index (χ3v) is 3.75. The second kappa shape index (κ2) is 8.57. The lowest BCUT2D eigenvalue weighted by atomic mass is 10.1. The summed E-state index contributed by atoms with van der Waals surface area (Å²) in [7, 11) is 0. The van der Waals surface area contributed by atoms with Crippen LogP contribution in [0.4, 0.5) is 0 Å². The lowest BCUT2D eigenvalue weighted by Gasteiger charge is -2.26. The predicted molar refractivity (Wildman–Crippen MR) is 82.6 cm³/mol. The highest BCUT2D eigenvalue weighted by atomic mass is 35.5. The van der Waals surface area contributed by atoms with Crippen molar-refractivity contribution in [1.82, 2.24) is 4.90 Å². The topological polar surface area (TPSA) is 20.3 Å². The highest BCUT2D eigenvalue weighted by Crippen LogP contribution is 2.13. The van der Waals surface area contributed by atoms with E-state index in [-0.39, 0.29) is 18.2 Å². The highest BCUT2D eigenvalue weighted by molar-refractivity contribution is 6.30. The van der Waals surface area contributed by atoms with Crippen LogP contribution in [0, 0.1) is 0 Å². The monoisotopic (exact) mass is 301 g/mol. The van der Waals surface area contributed by atoms with E-state index >= 15 is 0 Å². The average molecular weight is 302 g/mol. The van der Waals surface area contributed by atoms with Gasteiger partial charge in [0.1, 0.15) is 0 Å². The summed E-state index contributed by atoms with van der Waals surface area (Å²) in [5, 5.41) is 0.680. The molecule has 0 amide bonds. The first-order chi connectivity index (χ1) is 8.75. The molecule has 1 aliphatic rings. The van der Waals surface area contributed by atoms with E-state index in [4.69, 9.17) is 11.6 Å². The van der Waals surface area contributed by atoms with Crippen LogP contribution in [0.15, 0.2) is 24.3 Å². The largest absolute Gasteiger partial charge is 0.303 e. The van der Waals surface area contributed by atoms with Crippen molar-refractivity contribution in [3.05, 3.63) is 34.9 Å². The van der Waals surface area contributed by atoms with E-state index in [1.54, 1.807) is 12.1 Å². The Kier molecular flexibility index (Phi) is 7.44. The van der Waals surface area contributed by atoms with Crippen LogP contribution in [-0.2, 0) is 0 Å². The molecule has 106 valence electrons. The SMILES string of the molecule is Cl.O=C(CCCN1CCCCC1)c1ccc(Cl)cc1. The van der Waals surface area contributed by atoms with Gasteiger partial charge in [-0.15, -0.1) is 12.4 Å². The van der Waals surface area contributed by atoms with Gasteiger partial charge < -0.3 is 4.90 Å². The molecular weight excluding hydrogens is 281 g/mol. The summed E-state index contributed by atoms with van der Waals surface area (Å²) in [5.74, 6) is 0.226. The fourth-order valence-corrected chi connectivity index (χ4v) is 2.55. The van der Waals surface area contributed by atoms with Crippen molar-refractivity contribution < 1.29 is 4.79 Å². The number of likely N-dealkylation sites (tertiary alicyclic amines) is 1. The van der Waals surface area contributed by atoms with E-state index in [0.717, 1.165) is 18.5 Å². The minimum absolute atomic E-state index is 0. The number of hydrogen-bond donors (Lipinski definition) is 0. The van der Waals surface area contributed by atoms with Crippen molar-refractivity contribution in [3.63, 3.8) is 0 Å². The first-order valence-corrected chi connectivity index (χ1v) is 7.14. The average Bonchev–Trinajstić information content (AvgIpc) is 2.40. The molecule has 0 aromatic heterocycles. The Morgan fingerprint density at radius 2 is 1.74 bits per heavy atom. The van der Waals surface area contributed by atoms with E-state index in [1.807, 2.05) is 12.1 Å². The number of halogens is 2. The Morgan fingerprint density at radius 3 is 2.37 bits per heavy atom. The minimum atomic E-state index is 0. The summed E-state index contributed by atoms with van der Waals surface area (Å²) in [6, 6.07) is 7.18. The minimum Gasteiger partial charge on any atom is -0.303 e. The Labute approximate surface area is 126 Å². The van der Waals surface area contributed by atoms with Gasteiger partial charge in [0.05, 0.1) is 0 Å². The predicted octanol–water partition coefficient (Wildman–Crippen LogP) is 4.21. The zero-order valence-electron chi connectivity index (χ0n) is 11.1. The van der Waals surface area contributed by atoms with Crippen molar-refractivity contribution in [3.8, 4) is 0 Å². The van der Waals surface area contributed by atoms with E-state index in [2.05, 4.69) is 4.90 Å². The number of benzene rings is 1. The van der Waals surface area contributed by atoms with Gasteiger partial charge in [0.2, 0.25) is 0 Å². The molecule has 1 saturated heterocycles. The Bertz CT molecular complexity index is 386. The van der Waals surface area contributed by atoms with Gasteiger partial charge in [-0.1, -0.05) is 18.0 Å². The number of rotatable bonds is 5. The molecule has 1 heterocycles. The number of Topliss-reactive ketones (excluding diaryl/α,β-unsaturated/α-hetero) is 1. The van der Waals surface area contributed by atoms with Crippen LogP contribution in [0.25, 0.3) is 0 Å². The Balaban J connectivity index is 0.00000180. The van der Waals surface area contributed by atoms with E-state index in [0.29, 0.717) is 11.4 Å². The molecule has 1 aliphatic heterocycles. The van der Waals surface area contributed by atoms with Crippen molar-refractivity contribution in [1.29, 1.82) is 0 Å². The normalized spacial score (nSPS) is 15.8. The first-order valence-electron chi connectivity index (χ1n) is 6.77. The quantitative estimate of drug-likeness (QED) is 0.759. The fourth-order valence-electron chi connectivity index (χ4n) is 2.43. The molecule has 0 spiro atoms. The van der Waals surface area contributed by atoms with E-state index < -0.39 is 0 Å². The number of piperidine rings is 1. The third kappa shape index (κ3) is 5.52. The maximum Gasteiger partial charge on any atom is 0.162 e. The molecule has 0 aliphatic carbocycles. The molecule has 2 rings (SSSR count). The van der Waals surface area contributed by atoms with Gasteiger partial charge in [-0.05, 0) is 63.2 Å². The standard InChI is InChI=1S/C15H20ClNO.ClH/c16-14-8-6-13(7-9-14)15(18)5-4-12-17-10-2-1-3-11-17;/h6-9H,1-5,10-12H2;1H. The summed E-state index contributed by atoms with van der Waals surface area (Å²) in [6.07, 6.45) is 5.58. The maximum absolute atomic E-state index is 11.9. The molecule has 2 nitrogen and oxygen atoms in total. The zero-order valence-corrected chi connectivity index (χ0v) is 12.7. The highest BCUT2D eigenvalue weighted by Gasteiger charge is 2.11. The Hall–Kier alpha value is -0.570. The van der Waals surface area contributed by atoms with Crippen LogP contribution in [-0.4, -0.2) is 30.3 Å². The summed E-state index contributed by atoms with van der Waals surface area (Å²) in [5.41, 5.74) is 0.776. The number of carbonyl (C=O) groups is 1. The number of nitrogens with zero attached hydrogens (tertiary/aromatic N) is 1. The van der Waals surface area contributed by atoms with Gasteiger partial charge in [0.15, 0.2) is 5.78 Å². The number of ketones is 1. The molecule has 4 heteroatoms. The molecular formula is C15H21Cl2NO. The molecule has 0 unspecified atom stereocenters. The molecule has 0 saturated carbocycles. The van der Waals surface area contributed by atoms with Gasteiger partial charge in [-0.3, -0.25) is 4.79 Å². The van der Waals surface area contributed by atoms with Crippen LogP contribution in [0.1, 0.15) is 42.5 Å². The van der Waals surface area contributed by atoms with Crippen LogP contribution in [0.3, 0.4) is 0 Å². The summed E-state index contributed by atoms with van der Waals surface area (Å²) >= 11 is 5.80. The number of hydrogen-bond acceptors (Lipinski definition) is 2. The molecule has 0 atom stereocenters. The van der Waals surface area contributed by atoms with Crippen molar-refractivity contribution in [2.75, 3.05) is 19.6 Å². The van der Waals surface area contributed by atoms with Gasteiger partial charge in [0, 0.05) is 17.0 Å². The van der Waals surface area contributed by atoms with E-state index in [1.165, 1.54) is 32.4 Å². The second-order valence-corrected chi connectivity index (χ2v) is 5.37. The second-order valence-electron chi connectivity index (χ2n) is 4.94. The number of carbonyl (C=O) groups excluding carboxylic acids is 1. The summed E-state index contributed by atoms with van der Waals surface area (Å²) in [4.78, 5) is 14.4. The van der Waals surface area contributed by atoms with Crippen LogP contribution < -0.4 is 0 Å². The lowest BCUT2D eigenvalue weighted by Crippen LogP contribution is -2.30. The van der Waals surface area contributed by atoms with Crippen LogP contribution in [0.5, 0.6) is 0 Å². The molecule has 0 bridgehead atoms. The van der Waals surface area contributed by atoms with Crippen LogP contribution in [0.2, 0.25) is 5.02 Å². The van der Waals surface area contributed by atoms with Gasteiger partial charge >= 0.3 is 0 Å². The van der Waals surface area contributed by atoms with Gasteiger partial charge in [-0.2, -0.15) is 0 Å². The molecule has 1 aromatic rings. The lowest BCUT2D eigenvalue weighted by molar-refractivity contribution is 0.0973. The molecule has 0 N–H and O–H groups in total. The third-order valence-electron chi connectivity index (χ3n) is 3.49. The smallest absolute Gasteiger partial charge is 0.162 e. The Morgan fingerprint density at radius 1 is 1.11 bits per heavy atom. The molecule has 0 radical (unpaired) electrons. The molecule has 19 heavy (non-hydrogen) atoms. The van der Waals surface area contributed by atoms with Crippen LogP contribution >= 0.6 is 24.0 Å². The van der Waals surface area contributed by atoms with E-state index in [9.17, 15) is 4.79 Å². The fraction of sp³-hybridized carbons (Fsp3) is 0.533. The molecule has 1 aromatic carbocycles. The van der Waals surface area contributed by atoms with Gasteiger partial charge in [0.25, 0.3) is 0 Å². The maximum atomic E-state index is 11.9. The van der Waals surface area contributed by atoms with Crippen molar-refractivity contribution >= 4 is 29.8 Å². The summed E-state index contributed by atoms with van der Waals surface area (Å²) in [6.45, 7) is 3.46. The summed E-state index contributed by atoms with van der Waals surface area (Å²) < 4.78 is 0. The van der Waals surface area contributed by atoms with Crippen molar-refractivity contribution in [2.24, 2.45) is 0 Å².